The van der Waals surface area contributed by atoms with Crippen molar-refractivity contribution in [3.8, 4) is 0 Å². The SMILES string of the molecule is CC(C)(C)c1csc(CC(NN)c2cc(Br)ccc2Cl)n1. The van der Waals surface area contributed by atoms with Gasteiger partial charge in [-0.05, 0) is 23.8 Å². The number of nitrogens with zero attached hydrogens (tertiary/aromatic N) is 1. The molecule has 1 aromatic carbocycles. The summed E-state index contributed by atoms with van der Waals surface area (Å²) in [7, 11) is 0. The Morgan fingerprint density at radius 1 is 1.43 bits per heavy atom. The summed E-state index contributed by atoms with van der Waals surface area (Å²) in [6.45, 7) is 6.49. The fourth-order valence-electron chi connectivity index (χ4n) is 1.96. The molecule has 1 unspecified atom stereocenters. The number of hydrazine groups is 1. The summed E-state index contributed by atoms with van der Waals surface area (Å²) in [6.07, 6.45) is 0.716. The number of hydrogen-bond donors (Lipinski definition) is 2. The lowest BCUT2D eigenvalue weighted by Crippen LogP contribution is -2.29. The summed E-state index contributed by atoms with van der Waals surface area (Å²) >= 11 is 11.4. The van der Waals surface area contributed by atoms with Crippen LogP contribution in [0, 0.1) is 0 Å². The van der Waals surface area contributed by atoms with E-state index in [2.05, 4.69) is 47.5 Å². The molecule has 0 fully saturated rings. The zero-order valence-electron chi connectivity index (χ0n) is 12.3. The Morgan fingerprint density at radius 3 is 2.71 bits per heavy atom. The van der Waals surface area contributed by atoms with Crippen LogP contribution in [0.3, 0.4) is 0 Å². The normalized spacial score (nSPS) is 13.4. The summed E-state index contributed by atoms with van der Waals surface area (Å²) in [4.78, 5) is 4.72. The summed E-state index contributed by atoms with van der Waals surface area (Å²) in [5, 5.41) is 3.87. The lowest BCUT2D eigenvalue weighted by molar-refractivity contribution is 0.541. The van der Waals surface area contributed by atoms with Crippen molar-refractivity contribution >= 4 is 38.9 Å². The Bertz CT molecular complexity index is 622. The molecule has 2 rings (SSSR count). The first-order chi connectivity index (χ1) is 9.81. The van der Waals surface area contributed by atoms with Crippen molar-refractivity contribution in [1.82, 2.24) is 10.4 Å². The van der Waals surface area contributed by atoms with E-state index in [0.717, 1.165) is 20.7 Å². The van der Waals surface area contributed by atoms with E-state index < -0.39 is 0 Å². The van der Waals surface area contributed by atoms with Crippen molar-refractivity contribution in [3.63, 3.8) is 0 Å². The molecule has 0 bridgehead atoms. The van der Waals surface area contributed by atoms with Crippen LogP contribution in [-0.4, -0.2) is 4.98 Å². The van der Waals surface area contributed by atoms with Gasteiger partial charge in [-0.3, -0.25) is 11.3 Å². The number of hydrogen-bond acceptors (Lipinski definition) is 4. The average molecular weight is 389 g/mol. The summed E-state index contributed by atoms with van der Waals surface area (Å²) < 4.78 is 0.983. The fourth-order valence-corrected chi connectivity index (χ4v) is 3.66. The second-order valence-corrected chi connectivity index (χ2v) is 8.23. The molecule has 0 radical (unpaired) electrons. The molecule has 0 saturated heterocycles. The van der Waals surface area contributed by atoms with E-state index in [1.54, 1.807) is 11.3 Å². The van der Waals surface area contributed by atoms with E-state index in [1.165, 1.54) is 0 Å². The van der Waals surface area contributed by atoms with Crippen LogP contribution in [0.25, 0.3) is 0 Å². The molecule has 0 spiro atoms. The highest BCUT2D eigenvalue weighted by Gasteiger charge is 2.20. The average Bonchev–Trinajstić information content (AvgIpc) is 2.87. The van der Waals surface area contributed by atoms with E-state index in [-0.39, 0.29) is 11.5 Å². The monoisotopic (exact) mass is 387 g/mol. The van der Waals surface area contributed by atoms with Crippen LogP contribution < -0.4 is 11.3 Å². The molecule has 21 heavy (non-hydrogen) atoms. The molecule has 3 N–H and O–H groups in total. The van der Waals surface area contributed by atoms with Crippen molar-refractivity contribution in [2.75, 3.05) is 0 Å². The lowest BCUT2D eigenvalue weighted by atomic mass is 9.93. The molecule has 6 heteroatoms. The highest BCUT2D eigenvalue weighted by atomic mass is 79.9. The predicted molar refractivity (Wildman–Crippen MR) is 93.7 cm³/mol. The first-order valence-corrected chi connectivity index (χ1v) is 8.72. The van der Waals surface area contributed by atoms with Gasteiger partial charge in [0.15, 0.2) is 0 Å². The highest BCUT2D eigenvalue weighted by molar-refractivity contribution is 9.10. The van der Waals surface area contributed by atoms with E-state index in [1.807, 2.05) is 18.2 Å². The van der Waals surface area contributed by atoms with Gasteiger partial charge in [0.2, 0.25) is 0 Å². The topological polar surface area (TPSA) is 50.9 Å². The third-order valence-electron chi connectivity index (χ3n) is 3.23. The minimum atomic E-state index is -0.0611. The molecule has 3 nitrogen and oxygen atoms in total. The second-order valence-electron chi connectivity index (χ2n) is 5.97. The van der Waals surface area contributed by atoms with Crippen LogP contribution in [-0.2, 0) is 11.8 Å². The Kier molecular flexibility index (Phi) is 5.43. The zero-order chi connectivity index (χ0) is 15.6. The Hall–Kier alpha value is -0.460. The maximum Gasteiger partial charge on any atom is 0.0948 e. The van der Waals surface area contributed by atoms with E-state index in [4.69, 9.17) is 22.4 Å². The van der Waals surface area contributed by atoms with Gasteiger partial charge in [0.25, 0.3) is 0 Å². The van der Waals surface area contributed by atoms with Crippen molar-refractivity contribution in [1.29, 1.82) is 0 Å². The maximum atomic E-state index is 6.28. The van der Waals surface area contributed by atoms with Gasteiger partial charge in [0, 0.05) is 26.7 Å². The standard InChI is InChI=1S/C15H19BrClN3S/c1-15(2,3)13-8-21-14(19-13)7-12(20-18)10-6-9(16)4-5-11(10)17/h4-6,8,12,20H,7,18H2,1-3H3. The van der Waals surface area contributed by atoms with Crippen molar-refractivity contribution in [2.24, 2.45) is 5.84 Å². The molecule has 114 valence electrons. The molecule has 1 aromatic heterocycles. The first kappa shape index (κ1) is 16.9. The van der Waals surface area contributed by atoms with Gasteiger partial charge in [-0.25, -0.2) is 4.98 Å². The second kappa shape index (κ2) is 6.75. The van der Waals surface area contributed by atoms with Crippen LogP contribution in [0.15, 0.2) is 28.1 Å². The van der Waals surface area contributed by atoms with E-state index >= 15 is 0 Å². The Labute approximate surface area is 143 Å². The molecule has 0 amide bonds. The number of benzene rings is 1. The first-order valence-electron chi connectivity index (χ1n) is 6.67. The maximum absolute atomic E-state index is 6.28. The fraction of sp³-hybridized carbons (Fsp3) is 0.400. The number of halogens is 2. The quantitative estimate of drug-likeness (QED) is 0.594. The molecule has 1 heterocycles. The van der Waals surface area contributed by atoms with Gasteiger partial charge >= 0.3 is 0 Å². The number of rotatable bonds is 4. The summed E-state index contributed by atoms with van der Waals surface area (Å²) in [5.41, 5.74) is 4.99. The van der Waals surface area contributed by atoms with E-state index in [0.29, 0.717) is 11.4 Å². The largest absolute Gasteiger partial charge is 0.271 e. The van der Waals surface area contributed by atoms with E-state index in [9.17, 15) is 0 Å². The number of thiazole rings is 1. The van der Waals surface area contributed by atoms with Gasteiger partial charge < -0.3 is 0 Å². The Morgan fingerprint density at radius 2 is 2.14 bits per heavy atom. The van der Waals surface area contributed by atoms with Gasteiger partial charge in [0.1, 0.15) is 0 Å². The minimum absolute atomic E-state index is 0.0611. The number of aromatic nitrogens is 1. The van der Waals surface area contributed by atoms with Crippen LogP contribution in [0.1, 0.15) is 43.1 Å². The van der Waals surface area contributed by atoms with Gasteiger partial charge in [-0.1, -0.05) is 48.3 Å². The molecule has 2 aromatic rings. The summed E-state index contributed by atoms with van der Waals surface area (Å²) in [6, 6.07) is 5.72. The molecular formula is C15H19BrClN3S. The van der Waals surface area contributed by atoms with Crippen molar-refractivity contribution in [2.45, 2.75) is 38.6 Å². The highest BCUT2D eigenvalue weighted by Crippen LogP contribution is 2.30. The lowest BCUT2D eigenvalue weighted by Gasteiger charge is -2.17. The molecule has 0 aliphatic rings. The zero-order valence-corrected chi connectivity index (χ0v) is 15.4. The summed E-state index contributed by atoms with van der Waals surface area (Å²) in [5.74, 6) is 5.72. The van der Waals surface area contributed by atoms with Gasteiger partial charge in [-0.2, -0.15) is 0 Å². The number of nitrogens with one attached hydrogen (secondary N) is 1. The Balaban J connectivity index is 2.23. The predicted octanol–water partition coefficient (Wildman–Crippen LogP) is 4.60. The molecule has 1 atom stereocenters. The van der Waals surface area contributed by atoms with Crippen LogP contribution in [0.2, 0.25) is 5.02 Å². The smallest absolute Gasteiger partial charge is 0.0948 e. The number of nitrogens with two attached hydrogens (primary N) is 1. The van der Waals surface area contributed by atoms with Crippen LogP contribution in [0.4, 0.5) is 0 Å². The molecule has 0 aliphatic heterocycles. The molecule has 0 saturated carbocycles. The third-order valence-corrected chi connectivity index (χ3v) is 4.94. The van der Waals surface area contributed by atoms with Gasteiger partial charge in [-0.15, -0.1) is 11.3 Å². The minimum Gasteiger partial charge on any atom is -0.271 e. The molecular weight excluding hydrogens is 370 g/mol. The van der Waals surface area contributed by atoms with Crippen LogP contribution in [0.5, 0.6) is 0 Å². The van der Waals surface area contributed by atoms with Crippen molar-refractivity contribution in [3.05, 3.63) is 49.3 Å². The van der Waals surface area contributed by atoms with Gasteiger partial charge in [0.05, 0.1) is 16.7 Å². The van der Waals surface area contributed by atoms with Crippen LogP contribution >= 0.6 is 38.9 Å². The third kappa shape index (κ3) is 4.27. The van der Waals surface area contributed by atoms with Crippen molar-refractivity contribution < 1.29 is 0 Å². The molecule has 0 aliphatic carbocycles.